The van der Waals surface area contributed by atoms with Crippen LogP contribution in [-0.2, 0) is 17.4 Å². The SMILES string of the molecule is O=C(NCCc1ccccn1)C1CC12CCN(C(=O)c1ccccc1C(F)(F)F)CC2. The summed E-state index contributed by atoms with van der Waals surface area (Å²) < 4.78 is 39.7. The van der Waals surface area contributed by atoms with Gasteiger partial charge in [-0.05, 0) is 48.9 Å². The molecule has 164 valence electrons. The van der Waals surface area contributed by atoms with Crippen LogP contribution in [0.25, 0.3) is 0 Å². The maximum atomic E-state index is 13.2. The van der Waals surface area contributed by atoms with Crippen LogP contribution in [0, 0.1) is 11.3 Å². The van der Waals surface area contributed by atoms with E-state index in [0.717, 1.165) is 18.2 Å². The van der Waals surface area contributed by atoms with Crippen LogP contribution in [-0.4, -0.2) is 41.3 Å². The lowest BCUT2D eigenvalue weighted by Crippen LogP contribution is -2.41. The second-order valence-electron chi connectivity index (χ2n) is 8.32. The minimum Gasteiger partial charge on any atom is -0.355 e. The zero-order valence-corrected chi connectivity index (χ0v) is 17.0. The first kappa shape index (κ1) is 21.3. The highest BCUT2D eigenvalue weighted by Gasteiger charge is 2.58. The van der Waals surface area contributed by atoms with Crippen LogP contribution in [0.3, 0.4) is 0 Å². The van der Waals surface area contributed by atoms with Gasteiger partial charge in [-0.1, -0.05) is 18.2 Å². The van der Waals surface area contributed by atoms with Gasteiger partial charge in [0.15, 0.2) is 0 Å². The first-order valence-corrected chi connectivity index (χ1v) is 10.4. The van der Waals surface area contributed by atoms with E-state index in [2.05, 4.69) is 10.3 Å². The van der Waals surface area contributed by atoms with Crippen molar-refractivity contribution < 1.29 is 22.8 Å². The van der Waals surface area contributed by atoms with Crippen LogP contribution in [0.2, 0.25) is 0 Å². The molecule has 1 saturated heterocycles. The van der Waals surface area contributed by atoms with Gasteiger partial charge in [-0.3, -0.25) is 14.6 Å². The predicted octanol–water partition coefficient (Wildman–Crippen LogP) is 3.70. The molecule has 0 bridgehead atoms. The highest BCUT2D eigenvalue weighted by atomic mass is 19.4. The molecule has 1 aliphatic heterocycles. The van der Waals surface area contributed by atoms with E-state index in [4.69, 9.17) is 0 Å². The van der Waals surface area contributed by atoms with Crippen molar-refractivity contribution in [1.82, 2.24) is 15.2 Å². The normalized spacial score (nSPS) is 19.8. The Balaban J connectivity index is 1.29. The Morgan fingerprint density at radius 2 is 1.81 bits per heavy atom. The molecular weight excluding hydrogens is 407 g/mol. The zero-order chi connectivity index (χ0) is 22.1. The third-order valence-electron chi connectivity index (χ3n) is 6.42. The summed E-state index contributed by atoms with van der Waals surface area (Å²) >= 11 is 0. The Morgan fingerprint density at radius 3 is 2.48 bits per heavy atom. The van der Waals surface area contributed by atoms with Gasteiger partial charge in [0.2, 0.25) is 5.91 Å². The highest BCUT2D eigenvalue weighted by molar-refractivity contribution is 5.96. The van der Waals surface area contributed by atoms with Crippen molar-refractivity contribution >= 4 is 11.8 Å². The number of aromatic nitrogens is 1. The Morgan fingerprint density at radius 1 is 1.10 bits per heavy atom. The second-order valence-corrected chi connectivity index (χ2v) is 8.32. The fourth-order valence-corrected chi connectivity index (χ4v) is 4.50. The van der Waals surface area contributed by atoms with E-state index in [0.29, 0.717) is 38.9 Å². The molecule has 4 rings (SSSR count). The third-order valence-corrected chi connectivity index (χ3v) is 6.42. The van der Waals surface area contributed by atoms with Gasteiger partial charge in [0.25, 0.3) is 5.91 Å². The molecule has 1 aromatic heterocycles. The highest BCUT2D eigenvalue weighted by Crippen LogP contribution is 2.59. The molecule has 0 radical (unpaired) electrons. The molecule has 1 N–H and O–H groups in total. The average Bonchev–Trinajstić information content (AvgIpc) is 3.47. The van der Waals surface area contributed by atoms with Gasteiger partial charge in [-0.25, -0.2) is 0 Å². The molecule has 2 aromatic rings. The van der Waals surface area contributed by atoms with Crippen molar-refractivity contribution in [2.75, 3.05) is 19.6 Å². The van der Waals surface area contributed by atoms with Crippen LogP contribution in [0.15, 0.2) is 48.7 Å². The van der Waals surface area contributed by atoms with E-state index in [1.54, 1.807) is 6.20 Å². The predicted molar refractivity (Wildman–Crippen MR) is 108 cm³/mol. The molecular formula is C23H24F3N3O2. The molecule has 1 saturated carbocycles. The Bertz CT molecular complexity index is 954. The zero-order valence-electron chi connectivity index (χ0n) is 17.0. The smallest absolute Gasteiger partial charge is 0.355 e. The second kappa shape index (κ2) is 8.32. The number of piperidine rings is 1. The lowest BCUT2D eigenvalue weighted by atomic mass is 9.90. The molecule has 5 nitrogen and oxygen atoms in total. The van der Waals surface area contributed by atoms with Gasteiger partial charge in [-0.15, -0.1) is 0 Å². The van der Waals surface area contributed by atoms with Gasteiger partial charge in [-0.2, -0.15) is 13.2 Å². The Kier molecular flexibility index (Phi) is 5.73. The summed E-state index contributed by atoms with van der Waals surface area (Å²) in [5, 5.41) is 2.96. The Labute approximate surface area is 178 Å². The van der Waals surface area contributed by atoms with E-state index in [1.165, 1.54) is 23.1 Å². The van der Waals surface area contributed by atoms with Crippen molar-refractivity contribution in [1.29, 1.82) is 0 Å². The summed E-state index contributed by atoms with van der Waals surface area (Å²) in [6, 6.07) is 10.5. The molecule has 1 spiro atoms. The fraction of sp³-hybridized carbons (Fsp3) is 0.435. The number of amides is 2. The van der Waals surface area contributed by atoms with E-state index in [-0.39, 0.29) is 22.8 Å². The van der Waals surface area contributed by atoms with Crippen molar-refractivity contribution in [2.24, 2.45) is 11.3 Å². The summed E-state index contributed by atoms with van der Waals surface area (Å²) in [5.74, 6) is -0.672. The van der Waals surface area contributed by atoms with Crippen LogP contribution >= 0.6 is 0 Å². The molecule has 1 aliphatic carbocycles. The summed E-state index contributed by atoms with van der Waals surface area (Å²) in [4.78, 5) is 31.0. The van der Waals surface area contributed by atoms with Crippen molar-refractivity contribution in [3.05, 3.63) is 65.5 Å². The quantitative estimate of drug-likeness (QED) is 0.785. The lowest BCUT2D eigenvalue weighted by molar-refractivity contribution is -0.138. The molecule has 1 aromatic carbocycles. The first-order chi connectivity index (χ1) is 14.8. The van der Waals surface area contributed by atoms with Gasteiger partial charge in [0.1, 0.15) is 0 Å². The number of nitrogens with one attached hydrogen (secondary N) is 1. The van der Waals surface area contributed by atoms with Crippen molar-refractivity contribution in [2.45, 2.75) is 31.9 Å². The van der Waals surface area contributed by atoms with Gasteiger partial charge < -0.3 is 10.2 Å². The van der Waals surface area contributed by atoms with Gasteiger partial charge in [0.05, 0.1) is 11.1 Å². The molecule has 1 atom stereocenters. The number of halogens is 3. The van der Waals surface area contributed by atoms with E-state index < -0.39 is 17.6 Å². The molecule has 2 amide bonds. The number of carbonyl (C=O) groups is 2. The number of hydrogen-bond acceptors (Lipinski definition) is 3. The number of rotatable bonds is 5. The van der Waals surface area contributed by atoms with E-state index in [9.17, 15) is 22.8 Å². The van der Waals surface area contributed by atoms with E-state index in [1.807, 2.05) is 18.2 Å². The number of hydrogen-bond donors (Lipinski definition) is 1. The van der Waals surface area contributed by atoms with E-state index >= 15 is 0 Å². The molecule has 1 unspecified atom stereocenters. The van der Waals surface area contributed by atoms with Crippen molar-refractivity contribution in [3.63, 3.8) is 0 Å². The van der Waals surface area contributed by atoms with Crippen LogP contribution in [0.1, 0.15) is 40.9 Å². The standard InChI is InChI=1S/C23H24F3N3O2/c24-23(25,26)18-7-2-1-6-17(18)21(31)29-13-9-22(10-14-29)15-19(22)20(30)28-12-8-16-5-3-4-11-27-16/h1-7,11,19H,8-10,12-15H2,(H,28,30). The molecule has 31 heavy (non-hydrogen) atoms. The maximum absolute atomic E-state index is 13.2. The molecule has 2 aliphatic rings. The van der Waals surface area contributed by atoms with Crippen LogP contribution in [0.5, 0.6) is 0 Å². The average molecular weight is 431 g/mol. The summed E-state index contributed by atoms with van der Waals surface area (Å²) in [7, 11) is 0. The van der Waals surface area contributed by atoms with Crippen molar-refractivity contribution in [3.8, 4) is 0 Å². The number of pyridine rings is 1. The molecule has 2 heterocycles. The maximum Gasteiger partial charge on any atom is 0.417 e. The number of alkyl halides is 3. The van der Waals surface area contributed by atoms with Crippen LogP contribution < -0.4 is 5.32 Å². The summed E-state index contributed by atoms with van der Waals surface area (Å²) in [5.41, 5.74) is -0.434. The summed E-state index contributed by atoms with van der Waals surface area (Å²) in [6.07, 6.45) is -0.166. The van der Waals surface area contributed by atoms with Gasteiger partial charge in [0, 0.05) is 43.9 Å². The minimum absolute atomic E-state index is 0.0122. The largest absolute Gasteiger partial charge is 0.417 e. The lowest BCUT2D eigenvalue weighted by Gasteiger charge is -2.33. The minimum atomic E-state index is -4.57. The number of benzene rings is 1. The number of nitrogens with zero attached hydrogens (tertiary/aromatic N) is 2. The summed E-state index contributed by atoms with van der Waals surface area (Å²) in [6.45, 7) is 1.24. The topological polar surface area (TPSA) is 62.3 Å². The van der Waals surface area contributed by atoms with Gasteiger partial charge >= 0.3 is 6.18 Å². The number of likely N-dealkylation sites (tertiary alicyclic amines) is 1. The number of carbonyl (C=O) groups excluding carboxylic acids is 2. The fourth-order valence-electron chi connectivity index (χ4n) is 4.50. The third kappa shape index (κ3) is 4.57. The Hall–Kier alpha value is -2.90. The monoisotopic (exact) mass is 431 g/mol. The first-order valence-electron chi connectivity index (χ1n) is 10.4. The van der Waals surface area contributed by atoms with Crippen LogP contribution in [0.4, 0.5) is 13.2 Å². The molecule has 2 fully saturated rings. The molecule has 8 heteroatoms.